The molecule has 1 aromatic heterocycles. The van der Waals surface area contributed by atoms with E-state index in [-0.39, 0.29) is 11.9 Å². The summed E-state index contributed by atoms with van der Waals surface area (Å²) in [5.74, 6) is 0.0820. The SMILES string of the molecule is O=C(C[NH+]1CCc2sccc2[C@H]1c1ccccc1)Nc1ccc(N2CCCC2)cc1. The van der Waals surface area contributed by atoms with Crippen LogP contribution < -0.4 is 15.1 Å². The van der Waals surface area contributed by atoms with E-state index in [1.807, 2.05) is 23.5 Å². The molecule has 0 aliphatic carbocycles. The Labute approximate surface area is 182 Å². The van der Waals surface area contributed by atoms with E-state index in [1.54, 1.807) is 0 Å². The molecule has 154 valence electrons. The monoisotopic (exact) mass is 418 g/mol. The second-order valence-electron chi connectivity index (χ2n) is 8.27. The quantitative estimate of drug-likeness (QED) is 0.665. The van der Waals surface area contributed by atoms with Gasteiger partial charge in [0.25, 0.3) is 5.91 Å². The Morgan fingerprint density at radius 3 is 2.57 bits per heavy atom. The standard InChI is InChI=1S/C25H27N3OS/c29-24(26-20-8-10-21(11-9-20)27-14-4-5-15-27)18-28-16-12-23-22(13-17-30-23)25(28)19-6-2-1-3-7-19/h1-3,6-11,13,17,25H,4-5,12,14-16,18H2,(H,26,29)/p+1/t25-/m1/s1. The lowest BCUT2D eigenvalue weighted by molar-refractivity contribution is -0.919. The Morgan fingerprint density at radius 1 is 1.03 bits per heavy atom. The summed E-state index contributed by atoms with van der Waals surface area (Å²) in [6.45, 7) is 3.72. The molecule has 3 aromatic rings. The number of anilines is 2. The van der Waals surface area contributed by atoms with Crippen LogP contribution in [0.25, 0.3) is 0 Å². The zero-order valence-electron chi connectivity index (χ0n) is 17.1. The van der Waals surface area contributed by atoms with E-state index in [0.717, 1.165) is 31.7 Å². The van der Waals surface area contributed by atoms with Crippen molar-refractivity contribution >= 4 is 28.6 Å². The molecule has 0 radical (unpaired) electrons. The minimum absolute atomic E-state index is 0.0820. The van der Waals surface area contributed by atoms with Crippen molar-refractivity contribution in [3.05, 3.63) is 82.0 Å². The first-order valence-electron chi connectivity index (χ1n) is 10.9. The maximum atomic E-state index is 12.9. The molecule has 30 heavy (non-hydrogen) atoms. The molecule has 2 N–H and O–H groups in total. The number of carbonyl (C=O) groups excluding carboxylic acids is 1. The van der Waals surface area contributed by atoms with Crippen LogP contribution in [-0.4, -0.2) is 32.1 Å². The highest BCUT2D eigenvalue weighted by molar-refractivity contribution is 7.10. The summed E-state index contributed by atoms with van der Waals surface area (Å²) in [5.41, 5.74) is 4.80. The van der Waals surface area contributed by atoms with Gasteiger partial charge in [-0.3, -0.25) is 4.79 Å². The molecule has 1 amide bonds. The minimum Gasteiger partial charge on any atom is -0.372 e. The van der Waals surface area contributed by atoms with E-state index in [1.165, 1.54) is 39.4 Å². The largest absolute Gasteiger partial charge is 0.372 e. The van der Waals surface area contributed by atoms with Gasteiger partial charge < -0.3 is 15.1 Å². The Bertz CT molecular complexity index is 993. The van der Waals surface area contributed by atoms with E-state index >= 15 is 0 Å². The summed E-state index contributed by atoms with van der Waals surface area (Å²) in [6.07, 6.45) is 3.58. The molecule has 2 atom stereocenters. The second kappa shape index (κ2) is 8.62. The summed E-state index contributed by atoms with van der Waals surface area (Å²) < 4.78 is 0. The molecule has 1 unspecified atom stereocenters. The van der Waals surface area contributed by atoms with Gasteiger partial charge in [0.15, 0.2) is 6.54 Å². The molecule has 3 heterocycles. The highest BCUT2D eigenvalue weighted by Gasteiger charge is 2.34. The molecule has 4 nitrogen and oxygen atoms in total. The normalized spacial score (nSPS) is 20.7. The zero-order valence-corrected chi connectivity index (χ0v) is 18.0. The van der Waals surface area contributed by atoms with Crippen LogP contribution >= 0.6 is 11.3 Å². The molecular formula is C25H28N3OS+. The summed E-state index contributed by atoms with van der Waals surface area (Å²) in [6, 6.07) is 21.4. The lowest BCUT2D eigenvalue weighted by Gasteiger charge is -2.32. The van der Waals surface area contributed by atoms with Gasteiger partial charge in [-0.1, -0.05) is 30.3 Å². The number of nitrogens with one attached hydrogen (secondary N) is 2. The van der Waals surface area contributed by atoms with Gasteiger partial charge in [-0.2, -0.15) is 0 Å². The van der Waals surface area contributed by atoms with Crippen molar-refractivity contribution in [1.82, 2.24) is 0 Å². The third kappa shape index (κ3) is 4.00. The van der Waals surface area contributed by atoms with Gasteiger partial charge in [-0.05, 0) is 48.6 Å². The van der Waals surface area contributed by atoms with Gasteiger partial charge in [0.05, 0.1) is 6.54 Å². The minimum atomic E-state index is 0.0820. The number of quaternary nitrogens is 1. The van der Waals surface area contributed by atoms with Crippen molar-refractivity contribution in [2.45, 2.75) is 25.3 Å². The Kier molecular flexibility index (Phi) is 5.56. The lowest BCUT2D eigenvalue weighted by Crippen LogP contribution is -3.14. The molecule has 5 heteroatoms. The van der Waals surface area contributed by atoms with E-state index in [2.05, 4.69) is 64.1 Å². The van der Waals surface area contributed by atoms with Crippen molar-refractivity contribution in [2.24, 2.45) is 0 Å². The number of rotatable bonds is 5. The van der Waals surface area contributed by atoms with Gasteiger partial charge in [0.2, 0.25) is 0 Å². The number of hydrogen-bond donors (Lipinski definition) is 2. The second-order valence-corrected chi connectivity index (χ2v) is 9.27. The molecule has 2 aromatic carbocycles. The van der Waals surface area contributed by atoms with E-state index < -0.39 is 0 Å². The van der Waals surface area contributed by atoms with Crippen molar-refractivity contribution in [3.63, 3.8) is 0 Å². The highest BCUT2D eigenvalue weighted by atomic mass is 32.1. The van der Waals surface area contributed by atoms with Crippen LogP contribution in [0, 0.1) is 0 Å². The van der Waals surface area contributed by atoms with E-state index in [9.17, 15) is 4.79 Å². The molecule has 5 rings (SSSR count). The van der Waals surface area contributed by atoms with Gasteiger partial charge in [0.1, 0.15) is 6.04 Å². The van der Waals surface area contributed by atoms with Crippen LogP contribution in [0.15, 0.2) is 66.0 Å². The molecule has 0 bridgehead atoms. The fourth-order valence-corrected chi connectivity index (χ4v) is 5.76. The number of carbonyl (C=O) groups is 1. The predicted molar refractivity (Wildman–Crippen MR) is 124 cm³/mol. The third-order valence-electron chi connectivity index (χ3n) is 6.32. The van der Waals surface area contributed by atoms with Crippen LogP contribution in [0.3, 0.4) is 0 Å². The van der Waals surface area contributed by atoms with Crippen molar-refractivity contribution in [2.75, 3.05) is 36.4 Å². The van der Waals surface area contributed by atoms with E-state index in [4.69, 9.17) is 0 Å². The van der Waals surface area contributed by atoms with Crippen molar-refractivity contribution < 1.29 is 9.69 Å². The maximum absolute atomic E-state index is 12.9. The van der Waals surface area contributed by atoms with Crippen LogP contribution in [-0.2, 0) is 11.2 Å². The number of nitrogens with zero attached hydrogens (tertiary/aromatic N) is 1. The molecule has 0 saturated carbocycles. The summed E-state index contributed by atoms with van der Waals surface area (Å²) >= 11 is 1.84. The average Bonchev–Trinajstić information content (AvgIpc) is 3.47. The predicted octanol–water partition coefficient (Wildman–Crippen LogP) is 3.52. The van der Waals surface area contributed by atoms with Crippen molar-refractivity contribution in [3.8, 4) is 0 Å². The lowest BCUT2D eigenvalue weighted by atomic mass is 9.93. The zero-order chi connectivity index (χ0) is 20.3. The molecule has 2 aliphatic heterocycles. The van der Waals surface area contributed by atoms with Gasteiger partial charge in [-0.15, -0.1) is 11.3 Å². The first-order chi connectivity index (χ1) is 14.8. The summed E-state index contributed by atoms with van der Waals surface area (Å²) in [7, 11) is 0. The third-order valence-corrected chi connectivity index (χ3v) is 7.31. The fraction of sp³-hybridized carbons (Fsp3) is 0.320. The molecule has 1 saturated heterocycles. The van der Waals surface area contributed by atoms with Gasteiger partial charge in [0, 0.05) is 46.9 Å². The summed E-state index contributed by atoms with van der Waals surface area (Å²) in [5, 5.41) is 5.31. The Hall–Kier alpha value is -2.63. The maximum Gasteiger partial charge on any atom is 0.279 e. The first kappa shape index (κ1) is 19.3. The number of hydrogen-bond acceptors (Lipinski definition) is 3. The fourth-order valence-electron chi connectivity index (χ4n) is 4.84. The Balaban J connectivity index is 1.29. The Morgan fingerprint density at radius 2 is 1.80 bits per heavy atom. The summed E-state index contributed by atoms with van der Waals surface area (Å²) in [4.78, 5) is 18.1. The number of benzene rings is 2. The first-order valence-corrected chi connectivity index (χ1v) is 11.8. The average molecular weight is 419 g/mol. The molecular weight excluding hydrogens is 390 g/mol. The smallest absolute Gasteiger partial charge is 0.279 e. The van der Waals surface area contributed by atoms with Crippen LogP contribution in [0.1, 0.15) is 34.9 Å². The van der Waals surface area contributed by atoms with Crippen LogP contribution in [0.5, 0.6) is 0 Å². The topological polar surface area (TPSA) is 36.8 Å². The highest BCUT2D eigenvalue weighted by Crippen LogP contribution is 2.29. The molecule has 1 fully saturated rings. The van der Waals surface area contributed by atoms with Crippen LogP contribution in [0.2, 0.25) is 0 Å². The van der Waals surface area contributed by atoms with Gasteiger partial charge in [-0.25, -0.2) is 0 Å². The van der Waals surface area contributed by atoms with E-state index in [0.29, 0.717) is 6.54 Å². The molecule has 2 aliphatic rings. The molecule has 0 spiro atoms. The van der Waals surface area contributed by atoms with Crippen molar-refractivity contribution in [1.29, 1.82) is 0 Å². The van der Waals surface area contributed by atoms with Gasteiger partial charge >= 0.3 is 0 Å². The number of thiophene rings is 1. The number of amides is 1. The van der Waals surface area contributed by atoms with Crippen LogP contribution in [0.4, 0.5) is 11.4 Å². The number of fused-ring (bicyclic) bond motifs is 1.